The largest absolute Gasteiger partial charge is 0.507 e. The van der Waals surface area contributed by atoms with Crippen molar-refractivity contribution in [2.24, 2.45) is 0 Å². The van der Waals surface area contributed by atoms with Crippen LogP contribution in [0.1, 0.15) is 28.5 Å². The van der Waals surface area contributed by atoms with Crippen LogP contribution >= 0.6 is 0 Å². The van der Waals surface area contributed by atoms with Crippen LogP contribution in [0.3, 0.4) is 0 Å². The molecule has 162 valence electrons. The lowest BCUT2D eigenvalue weighted by atomic mass is 9.94. The molecule has 0 radical (unpaired) electrons. The average molecular weight is 430 g/mol. The van der Waals surface area contributed by atoms with Gasteiger partial charge in [-0.2, -0.15) is 0 Å². The first-order valence-electron chi connectivity index (χ1n) is 10.1. The van der Waals surface area contributed by atoms with Crippen molar-refractivity contribution in [1.82, 2.24) is 5.16 Å². The van der Waals surface area contributed by atoms with Gasteiger partial charge in [0.2, 0.25) is 0 Å². The molecule has 1 fully saturated rings. The summed E-state index contributed by atoms with van der Waals surface area (Å²) in [6.07, 6.45) is 1.63. The molecule has 1 amide bonds. The van der Waals surface area contributed by atoms with Gasteiger partial charge in [0, 0.05) is 11.6 Å². The van der Waals surface area contributed by atoms with E-state index in [0.29, 0.717) is 29.2 Å². The quantitative estimate of drug-likeness (QED) is 0.268. The van der Waals surface area contributed by atoms with Gasteiger partial charge in [0.15, 0.2) is 5.82 Å². The van der Waals surface area contributed by atoms with Crippen molar-refractivity contribution in [1.29, 1.82) is 0 Å². The Morgan fingerprint density at radius 2 is 1.84 bits per heavy atom. The predicted octanol–water partition coefficient (Wildman–Crippen LogP) is 4.48. The SMILES string of the molecule is C=CCOc1ccc(/C(O)=C2\C(=O)C(=O)N(c3cc(C)on3)C2c2ccc(C)cc2)cc1. The van der Waals surface area contributed by atoms with Crippen LogP contribution in [-0.4, -0.2) is 28.6 Å². The molecule has 4 rings (SSSR count). The number of anilines is 1. The molecule has 0 saturated carbocycles. The Labute approximate surface area is 185 Å². The van der Waals surface area contributed by atoms with Crippen molar-refractivity contribution in [3.8, 4) is 5.75 Å². The van der Waals surface area contributed by atoms with Gasteiger partial charge < -0.3 is 14.4 Å². The molecule has 1 unspecified atom stereocenters. The van der Waals surface area contributed by atoms with Crippen LogP contribution in [0.2, 0.25) is 0 Å². The molecule has 32 heavy (non-hydrogen) atoms. The zero-order valence-electron chi connectivity index (χ0n) is 17.7. The molecule has 1 atom stereocenters. The number of aliphatic hydroxyl groups is 1. The molecule has 0 aliphatic carbocycles. The summed E-state index contributed by atoms with van der Waals surface area (Å²) in [5, 5.41) is 15.0. The molecule has 1 aliphatic heterocycles. The maximum atomic E-state index is 13.1. The molecule has 1 saturated heterocycles. The predicted molar refractivity (Wildman–Crippen MR) is 119 cm³/mol. The van der Waals surface area contributed by atoms with E-state index in [0.717, 1.165) is 5.56 Å². The lowest BCUT2D eigenvalue weighted by molar-refractivity contribution is -0.132. The van der Waals surface area contributed by atoms with Gasteiger partial charge in [0.05, 0.1) is 11.6 Å². The van der Waals surface area contributed by atoms with Gasteiger partial charge in [-0.1, -0.05) is 47.6 Å². The van der Waals surface area contributed by atoms with Crippen molar-refractivity contribution < 1.29 is 24.0 Å². The van der Waals surface area contributed by atoms with E-state index in [1.165, 1.54) is 4.90 Å². The van der Waals surface area contributed by atoms with Crippen LogP contribution in [-0.2, 0) is 9.59 Å². The normalized spacial score (nSPS) is 17.6. The van der Waals surface area contributed by atoms with Gasteiger partial charge >= 0.3 is 5.91 Å². The first-order valence-corrected chi connectivity index (χ1v) is 10.1. The molecular formula is C25H22N2O5. The Morgan fingerprint density at radius 1 is 1.16 bits per heavy atom. The second-order valence-corrected chi connectivity index (χ2v) is 7.50. The summed E-state index contributed by atoms with van der Waals surface area (Å²) in [6, 6.07) is 14.8. The lowest BCUT2D eigenvalue weighted by Gasteiger charge is -2.23. The van der Waals surface area contributed by atoms with Crippen LogP contribution in [0.15, 0.2) is 77.3 Å². The van der Waals surface area contributed by atoms with Crippen molar-refractivity contribution in [3.05, 3.63) is 95.3 Å². The minimum absolute atomic E-state index is 0.0146. The summed E-state index contributed by atoms with van der Waals surface area (Å²) in [7, 11) is 0. The Bertz CT molecular complexity index is 1210. The van der Waals surface area contributed by atoms with E-state index in [2.05, 4.69) is 11.7 Å². The minimum atomic E-state index is -0.850. The molecular weight excluding hydrogens is 408 g/mol. The summed E-state index contributed by atoms with van der Waals surface area (Å²) in [4.78, 5) is 27.3. The van der Waals surface area contributed by atoms with E-state index in [1.807, 2.05) is 31.2 Å². The number of carbonyl (C=O) groups excluding carboxylic acids is 2. The van der Waals surface area contributed by atoms with Crippen molar-refractivity contribution in [2.75, 3.05) is 11.5 Å². The summed E-state index contributed by atoms with van der Waals surface area (Å²) in [5.74, 6) is -0.541. The second-order valence-electron chi connectivity index (χ2n) is 7.50. The number of hydrogen-bond donors (Lipinski definition) is 1. The molecule has 7 heteroatoms. The molecule has 7 nitrogen and oxygen atoms in total. The fourth-order valence-electron chi connectivity index (χ4n) is 3.62. The number of ketones is 1. The molecule has 2 heterocycles. The summed E-state index contributed by atoms with van der Waals surface area (Å²) in [5.41, 5.74) is 2.07. The third kappa shape index (κ3) is 3.80. The number of aliphatic hydroxyl groups excluding tert-OH is 1. The Kier molecular flexibility index (Phi) is 5.64. The summed E-state index contributed by atoms with van der Waals surface area (Å²) < 4.78 is 10.6. The van der Waals surface area contributed by atoms with Gasteiger partial charge in [0.1, 0.15) is 23.9 Å². The van der Waals surface area contributed by atoms with Crippen LogP contribution in [0.25, 0.3) is 5.76 Å². The number of nitrogens with zero attached hydrogens (tertiary/aromatic N) is 2. The lowest BCUT2D eigenvalue weighted by Crippen LogP contribution is -2.29. The highest BCUT2D eigenvalue weighted by Crippen LogP contribution is 2.42. The number of carbonyl (C=O) groups is 2. The fraction of sp³-hybridized carbons (Fsp3) is 0.160. The van der Waals surface area contributed by atoms with Gasteiger partial charge in [0.25, 0.3) is 5.78 Å². The minimum Gasteiger partial charge on any atom is -0.507 e. The van der Waals surface area contributed by atoms with Crippen LogP contribution in [0.4, 0.5) is 5.82 Å². The van der Waals surface area contributed by atoms with Crippen LogP contribution in [0.5, 0.6) is 5.75 Å². The molecule has 0 bridgehead atoms. The standard InChI is InChI=1S/C25H22N2O5/c1-4-13-31-19-11-9-18(10-12-19)23(28)21-22(17-7-5-15(2)6-8-17)27(25(30)24(21)29)20-14-16(3)32-26-20/h4-12,14,22,28H,1,13H2,2-3H3/b23-21+. The first kappa shape index (κ1) is 21.1. The van der Waals surface area contributed by atoms with Gasteiger partial charge in [-0.15, -0.1) is 0 Å². The van der Waals surface area contributed by atoms with Crippen molar-refractivity contribution in [3.63, 3.8) is 0 Å². The second kappa shape index (κ2) is 8.55. The zero-order chi connectivity index (χ0) is 22.8. The Balaban J connectivity index is 1.84. The summed E-state index contributed by atoms with van der Waals surface area (Å²) in [6.45, 7) is 7.60. The Hall–Kier alpha value is -4.13. The number of hydrogen-bond acceptors (Lipinski definition) is 6. The molecule has 0 spiro atoms. The van der Waals surface area contributed by atoms with E-state index in [-0.39, 0.29) is 17.2 Å². The fourth-order valence-corrected chi connectivity index (χ4v) is 3.62. The smallest absolute Gasteiger partial charge is 0.301 e. The van der Waals surface area contributed by atoms with Gasteiger partial charge in [-0.05, 0) is 43.7 Å². The number of ether oxygens (including phenoxy) is 1. The third-order valence-electron chi connectivity index (χ3n) is 5.20. The monoisotopic (exact) mass is 430 g/mol. The van der Waals surface area contributed by atoms with Crippen molar-refractivity contribution in [2.45, 2.75) is 19.9 Å². The van der Waals surface area contributed by atoms with Gasteiger partial charge in [-0.25, -0.2) is 0 Å². The van der Waals surface area contributed by atoms with E-state index >= 15 is 0 Å². The number of amides is 1. The average Bonchev–Trinajstić information content (AvgIpc) is 3.33. The van der Waals surface area contributed by atoms with E-state index < -0.39 is 17.7 Å². The summed E-state index contributed by atoms with van der Waals surface area (Å²) >= 11 is 0. The molecule has 1 aliphatic rings. The number of aromatic nitrogens is 1. The van der Waals surface area contributed by atoms with Crippen LogP contribution < -0.4 is 9.64 Å². The number of rotatable bonds is 6. The molecule has 3 aromatic rings. The highest BCUT2D eigenvalue weighted by molar-refractivity contribution is 6.51. The molecule has 1 aromatic heterocycles. The maximum absolute atomic E-state index is 13.1. The number of benzene rings is 2. The van der Waals surface area contributed by atoms with Gasteiger partial charge in [-0.3, -0.25) is 14.5 Å². The third-order valence-corrected chi connectivity index (χ3v) is 5.20. The van der Waals surface area contributed by atoms with E-state index in [4.69, 9.17) is 9.26 Å². The topological polar surface area (TPSA) is 92.9 Å². The maximum Gasteiger partial charge on any atom is 0.301 e. The number of aryl methyl sites for hydroxylation is 2. The van der Waals surface area contributed by atoms with Crippen LogP contribution in [0, 0.1) is 13.8 Å². The number of Topliss-reactive ketones (excluding diaryl/α,β-unsaturated/α-hetero) is 1. The highest BCUT2D eigenvalue weighted by atomic mass is 16.5. The van der Waals surface area contributed by atoms with E-state index in [9.17, 15) is 14.7 Å². The van der Waals surface area contributed by atoms with E-state index in [1.54, 1.807) is 43.3 Å². The zero-order valence-corrected chi connectivity index (χ0v) is 17.7. The van der Waals surface area contributed by atoms with Crippen molar-refractivity contribution >= 4 is 23.3 Å². The Morgan fingerprint density at radius 3 is 2.44 bits per heavy atom. The highest BCUT2D eigenvalue weighted by Gasteiger charge is 2.48. The first-order chi connectivity index (χ1) is 15.4. The molecule has 1 N–H and O–H groups in total. The molecule has 2 aromatic carbocycles.